The summed E-state index contributed by atoms with van der Waals surface area (Å²) in [4.78, 5) is 10.6. The van der Waals surface area contributed by atoms with Crippen molar-refractivity contribution in [3.8, 4) is 0 Å². The number of aliphatic carboxylic acids is 1. The number of sulfonamides is 1. The van der Waals surface area contributed by atoms with Crippen molar-refractivity contribution in [3.63, 3.8) is 0 Å². The van der Waals surface area contributed by atoms with E-state index >= 15 is 0 Å². The molecule has 0 saturated heterocycles. The van der Waals surface area contributed by atoms with Gasteiger partial charge in [0.05, 0.1) is 12.4 Å². The maximum atomic E-state index is 11.3. The van der Waals surface area contributed by atoms with Gasteiger partial charge >= 0.3 is 5.97 Å². The summed E-state index contributed by atoms with van der Waals surface area (Å²) in [5.74, 6) is -1.47. The third-order valence-electron chi connectivity index (χ3n) is 1.50. The smallest absolute Gasteiger partial charge is 0.324 e. The second kappa shape index (κ2) is 4.72. The van der Waals surface area contributed by atoms with Gasteiger partial charge < -0.3 is 9.84 Å². The van der Waals surface area contributed by atoms with Crippen molar-refractivity contribution in [1.82, 2.24) is 4.72 Å². The van der Waals surface area contributed by atoms with Crippen LogP contribution in [0.3, 0.4) is 0 Å². The van der Waals surface area contributed by atoms with E-state index in [0.717, 1.165) is 0 Å². The molecule has 0 aromatic rings. The molecule has 0 aromatic heterocycles. The van der Waals surface area contributed by atoms with Crippen LogP contribution in [0.15, 0.2) is 0 Å². The van der Waals surface area contributed by atoms with Crippen molar-refractivity contribution in [2.24, 2.45) is 0 Å². The molecule has 84 valence electrons. The third kappa shape index (κ3) is 4.54. The normalized spacial score (nSPS) is 12.8. The van der Waals surface area contributed by atoms with Crippen LogP contribution in [0, 0.1) is 0 Å². The average molecular weight is 225 g/mol. The second-order valence-electron chi connectivity index (χ2n) is 3.34. The van der Waals surface area contributed by atoms with Crippen LogP contribution in [0.2, 0.25) is 0 Å². The highest BCUT2D eigenvalue weighted by atomic mass is 32.2. The van der Waals surface area contributed by atoms with Crippen LogP contribution in [0.5, 0.6) is 0 Å². The summed E-state index contributed by atoms with van der Waals surface area (Å²) >= 11 is 0. The summed E-state index contributed by atoms with van der Waals surface area (Å²) in [7, 11) is -2.23. The Morgan fingerprint density at radius 3 is 2.36 bits per heavy atom. The van der Waals surface area contributed by atoms with Crippen LogP contribution in [0.25, 0.3) is 0 Å². The molecule has 0 aliphatic rings. The van der Waals surface area contributed by atoms with E-state index in [2.05, 4.69) is 9.46 Å². The number of nitrogens with one attached hydrogen (secondary N) is 1. The quantitative estimate of drug-likeness (QED) is 0.630. The van der Waals surface area contributed by atoms with Crippen molar-refractivity contribution in [1.29, 1.82) is 0 Å². The first-order valence-electron chi connectivity index (χ1n) is 3.95. The highest BCUT2D eigenvalue weighted by molar-refractivity contribution is 7.89. The molecule has 0 aliphatic heterocycles. The van der Waals surface area contributed by atoms with Gasteiger partial charge in [0.1, 0.15) is 5.54 Å². The Morgan fingerprint density at radius 1 is 1.50 bits per heavy atom. The highest BCUT2D eigenvalue weighted by Crippen LogP contribution is 2.04. The fraction of sp³-hybridized carbons (Fsp3) is 0.857. The van der Waals surface area contributed by atoms with Crippen molar-refractivity contribution >= 4 is 16.0 Å². The lowest BCUT2D eigenvalue weighted by molar-refractivity contribution is -0.142. The van der Waals surface area contributed by atoms with Crippen LogP contribution < -0.4 is 4.72 Å². The largest absolute Gasteiger partial charge is 0.480 e. The molecule has 0 unspecified atom stereocenters. The van der Waals surface area contributed by atoms with Gasteiger partial charge in [-0.25, -0.2) is 8.42 Å². The third-order valence-corrected chi connectivity index (χ3v) is 3.03. The van der Waals surface area contributed by atoms with Crippen LogP contribution in [0.4, 0.5) is 0 Å². The summed E-state index contributed by atoms with van der Waals surface area (Å²) in [5.41, 5.74) is -1.49. The SMILES string of the molecule is COCCS(=O)(=O)NC(C)(C)C(=O)O. The molecule has 2 N–H and O–H groups in total. The molecule has 0 heterocycles. The van der Waals surface area contributed by atoms with Gasteiger partial charge in [0.2, 0.25) is 10.0 Å². The van der Waals surface area contributed by atoms with E-state index < -0.39 is 21.5 Å². The van der Waals surface area contributed by atoms with Crippen LogP contribution in [-0.4, -0.2) is 44.5 Å². The predicted molar refractivity (Wildman–Crippen MR) is 50.5 cm³/mol. The lowest BCUT2D eigenvalue weighted by atomic mass is 10.1. The van der Waals surface area contributed by atoms with Crippen molar-refractivity contribution in [2.75, 3.05) is 19.5 Å². The van der Waals surface area contributed by atoms with E-state index in [1.165, 1.54) is 21.0 Å². The zero-order valence-electron chi connectivity index (χ0n) is 8.40. The first-order chi connectivity index (χ1) is 6.21. The summed E-state index contributed by atoms with van der Waals surface area (Å²) in [6.45, 7) is 2.59. The fourth-order valence-electron chi connectivity index (χ4n) is 0.676. The van der Waals surface area contributed by atoms with Crippen molar-refractivity contribution < 1.29 is 23.1 Å². The molecule has 0 radical (unpaired) electrons. The fourth-order valence-corrected chi connectivity index (χ4v) is 2.03. The average Bonchev–Trinajstić information content (AvgIpc) is 1.99. The molecule has 0 aliphatic carbocycles. The topological polar surface area (TPSA) is 92.7 Å². The standard InChI is InChI=1S/C7H15NO5S/c1-7(2,6(9)10)8-14(11,12)5-4-13-3/h8H,4-5H2,1-3H3,(H,9,10). The second-order valence-corrected chi connectivity index (χ2v) is 5.19. The molecule has 0 fully saturated rings. The first-order valence-corrected chi connectivity index (χ1v) is 5.60. The summed E-state index contributed by atoms with van der Waals surface area (Å²) in [6.07, 6.45) is 0. The molecule has 14 heavy (non-hydrogen) atoms. The number of carboxylic acids is 1. The predicted octanol–water partition coefficient (Wildman–Crippen LogP) is -0.585. The minimum atomic E-state index is -3.60. The summed E-state index contributed by atoms with van der Waals surface area (Å²) < 4.78 is 29.2. The van der Waals surface area contributed by atoms with E-state index in [1.807, 2.05) is 0 Å². The van der Waals surface area contributed by atoms with Gasteiger partial charge in [-0.15, -0.1) is 0 Å². The number of hydrogen-bond acceptors (Lipinski definition) is 4. The highest BCUT2D eigenvalue weighted by Gasteiger charge is 2.31. The van der Waals surface area contributed by atoms with E-state index in [0.29, 0.717) is 0 Å². The molecule has 0 bridgehead atoms. The van der Waals surface area contributed by atoms with E-state index in [9.17, 15) is 13.2 Å². The minimum Gasteiger partial charge on any atom is -0.480 e. The molecule has 0 spiro atoms. The molecule has 0 rings (SSSR count). The molecule has 7 heteroatoms. The van der Waals surface area contributed by atoms with Gasteiger partial charge in [0, 0.05) is 7.11 Å². The Hall–Kier alpha value is -0.660. The van der Waals surface area contributed by atoms with Crippen molar-refractivity contribution in [3.05, 3.63) is 0 Å². The lowest BCUT2D eigenvalue weighted by Gasteiger charge is -2.20. The van der Waals surface area contributed by atoms with Crippen LogP contribution in [0.1, 0.15) is 13.8 Å². The van der Waals surface area contributed by atoms with Crippen LogP contribution in [-0.2, 0) is 19.6 Å². The molecule has 0 atom stereocenters. The summed E-state index contributed by atoms with van der Waals surface area (Å²) in [6, 6.07) is 0. The Kier molecular flexibility index (Phi) is 4.50. The van der Waals surface area contributed by atoms with Gasteiger partial charge in [-0.3, -0.25) is 4.79 Å². The van der Waals surface area contributed by atoms with Gasteiger partial charge in [0.25, 0.3) is 0 Å². The number of rotatable bonds is 6. The minimum absolute atomic E-state index is 0.0328. The maximum Gasteiger partial charge on any atom is 0.324 e. The number of methoxy groups -OCH3 is 1. The van der Waals surface area contributed by atoms with E-state index in [1.54, 1.807) is 0 Å². The molecule has 0 aromatic carbocycles. The van der Waals surface area contributed by atoms with E-state index in [-0.39, 0.29) is 12.4 Å². The lowest BCUT2D eigenvalue weighted by Crippen LogP contribution is -2.50. The zero-order valence-corrected chi connectivity index (χ0v) is 9.22. The molecule has 0 saturated carbocycles. The number of carbonyl (C=O) groups is 1. The van der Waals surface area contributed by atoms with Gasteiger partial charge in [-0.05, 0) is 13.8 Å². The number of carboxylic acid groups (broad SMARTS) is 1. The number of ether oxygens (including phenoxy) is 1. The maximum absolute atomic E-state index is 11.3. The van der Waals surface area contributed by atoms with Crippen LogP contribution >= 0.6 is 0 Å². The summed E-state index contributed by atoms with van der Waals surface area (Å²) in [5, 5.41) is 8.67. The first kappa shape index (κ1) is 13.3. The molecular formula is C7H15NO5S. The van der Waals surface area contributed by atoms with Gasteiger partial charge in [0.15, 0.2) is 0 Å². The monoisotopic (exact) mass is 225 g/mol. The molecule has 0 amide bonds. The Bertz CT molecular complexity index is 295. The molecular weight excluding hydrogens is 210 g/mol. The zero-order chi connectivity index (χ0) is 11.4. The molecule has 6 nitrogen and oxygen atoms in total. The van der Waals surface area contributed by atoms with Gasteiger partial charge in [-0.1, -0.05) is 0 Å². The Labute approximate surface area is 83.3 Å². The Morgan fingerprint density at radius 2 is 2.00 bits per heavy atom. The Balaban J connectivity index is 4.43. The van der Waals surface area contributed by atoms with Crippen molar-refractivity contribution in [2.45, 2.75) is 19.4 Å². The van der Waals surface area contributed by atoms with E-state index in [4.69, 9.17) is 5.11 Å². The number of hydrogen-bond donors (Lipinski definition) is 2. The van der Waals surface area contributed by atoms with Gasteiger partial charge in [-0.2, -0.15) is 4.72 Å².